The van der Waals surface area contributed by atoms with Crippen LogP contribution in [0.25, 0.3) is 0 Å². The Labute approximate surface area is 165 Å². The third-order valence-electron chi connectivity index (χ3n) is 5.49. The molecule has 0 unspecified atom stereocenters. The summed E-state index contributed by atoms with van der Waals surface area (Å²) in [5.41, 5.74) is 2.27. The van der Waals surface area contributed by atoms with Crippen LogP contribution in [0.15, 0.2) is 47.4 Å². The number of ether oxygens (including phenoxy) is 1. The fourth-order valence-electron chi connectivity index (χ4n) is 3.96. The molecule has 7 heteroatoms. The standard InChI is InChI=1S/C21H24N2O4S/c1-27-20-10-9-17(28(25,26)22-12-5-2-6-13-22)15-18(20)21(24)23-14-11-16-7-3-4-8-19(16)23/h3-4,7-10,15H,2,5-6,11-14H2,1H3. The molecule has 1 amide bonds. The van der Waals surface area contributed by atoms with Crippen LogP contribution in [0.1, 0.15) is 35.2 Å². The van der Waals surface area contributed by atoms with Crippen LogP contribution in [0.3, 0.4) is 0 Å². The molecule has 0 aliphatic carbocycles. The third kappa shape index (κ3) is 3.29. The number of fused-ring (bicyclic) bond motifs is 1. The van der Waals surface area contributed by atoms with Crippen LogP contribution >= 0.6 is 0 Å². The second-order valence-electron chi connectivity index (χ2n) is 7.16. The van der Waals surface area contributed by atoms with Gasteiger partial charge in [0.15, 0.2) is 0 Å². The van der Waals surface area contributed by atoms with Crippen molar-refractivity contribution in [3.05, 3.63) is 53.6 Å². The minimum Gasteiger partial charge on any atom is -0.496 e. The number of rotatable bonds is 4. The zero-order valence-corrected chi connectivity index (χ0v) is 16.7. The van der Waals surface area contributed by atoms with Gasteiger partial charge in [-0.15, -0.1) is 0 Å². The maximum absolute atomic E-state index is 13.3. The highest BCUT2D eigenvalue weighted by molar-refractivity contribution is 7.89. The average molecular weight is 401 g/mol. The molecule has 2 aromatic carbocycles. The molecule has 2 heterocycles. The van der Waals surface area contributed by atoms with Crippen molar-refractivity contribution in [3.8, 4) is 5.75 Å². The lowest BCUT2D eigenvalue weighted by atomic mass is 10.1. The van der Waals surface area contributed by atoms with Gasteiger partial charge >= 0.3 is 0 Å². The van der Waals surface area contributed by atoms with Crippen molar-refractivity contribution >= 4 is 21.6 Å². The Morgan fingerprint density at radius 3 is 2.50 bits per heavy atom. The van der Waals surface area contributed by atoms with Gasteiger partial charge in [0.2, 0.25) is 10.0 Å². The summed E-state index contributed by atoms with van der Waals surface area (Å²) >= 11 is 0. The summed E-state index contributed by atoms with van der Waals surface area (Å²) in [7, 11) is -2.13. The highest BCUT2D eigenvalue weighted by Crippen LogP contribution is 2.32. The zero-order chi connectivity index (χ0) is 19.7. The van der Waals surface area contributed by atoms with Crippen molar-refractivity contribution in [2.45, 2.75) is 30.6 Å². The lowest BCUT2D eigenvalue weighted by molar-refractivity contribution is 0.0986. The number of hydrogen-bond donors (Lipinski definition) is 0. The van der Waals surface area contributed by atoms with Crippen LogP contribution in [-0.2, 0) is 16.4 Å². The second-order valence-corrected chi connectivity index (χ2v) is 9.10. The summed E-state index contributed by atoms with van der Waals surface area (Å²) in [6.45, 7) is 1.62. The molecule has 0 spiro atoms. The second kappa shape index (κ2) is 7.56. The van der Waals surface area contributed by atoms with Crippen molar-refractivity contribution in [1.29, 1.82) is 0 Å². The van der Waals surface area contributed by atoms with E-state index >= 15 is 0 Å². The summed E-state index contributed by atoms with van der Waals surface area (Å²) < 4.78 is 33.0. The molecular formula is C21H24N2O4S. The molecule has 0 atom stereocenters. The Morgan fingerprint density at radius 2 is 1.75 bits per heavy atom. The van der Waals surface area contributed by atoms with Crippen LogP contribution in [0, 0.1) is 0 Å². The van der Waals surface area contributed by atoms with Crippen LogP contribution < -0.4 is 9.64 Å². The number of para-hydroxylation sites is 1. The highest BCUT2D eigenvalue weighted by atomic mass is 32.2. The molecular weight excluding hydrogens is 376 g/mol. The lowest BCUT2D eigenvalue weighted by Gasteiger charge is -2.26. The van der Waals surface area contributed by atoms with Crippen molar-refractivity contribution in [3.63, 3.8) is 0 Å². The number of anilines is 1. The summed E-state index contributed by atoms with van der Waals surface area (Å²) in [5.74, 6) is 0.143. The van der Waals surface area contributed by atoms with E-state index in [-0.39, 0.29) is 16.4 Å². The van der Waals surface area contributed by atoms with Gasteiger partial charge in [0, 0.05) is 25.3 Å². The molecule has 4 rings (SSSR count). The number of nitrogens with zero attached hydrogens (tertiary/aromatic N) is 2. The molecule has 0 radical (unpaired) electrons. The van der Waals surface area contributed by atoms with E-state index in [0.29, 0.717) is 25.4 Å². The molecule has 2 aliphatic rings. The van der Waals surface area contributed by atoms with Crippen molar-refractivity contribution < 1.29 is 17.9 Å². The van der Waals surface area contributed by atoms with E-state index in [1.54, 1.807) is 11.0 Å². The summed E-state index contributed by atoms with van der Waals surface area (Å²) in [4.78, 5) is 15.1. The minimum atomic E-state index is -3.62. The molecule has 0 aromatic heterocycles. The Bertz CT molecular complexity index is 997. The minimum absolute atomic E-state index is 0.144. The Hall–Kier alpha value is -2.38. The first-order valence-electron chi connectivity index (χ1n) is 9.60. The molecule has 0 saturated carbocycles. The average Bonchev–Trinajstić information content (AvgIpc) is 3.17. The van der Waals surface area contributed by atoms with Gasteiger partial charge in [-0.05, 0) is 49.1 Å². The van der Waals surface area contributed by atoms with E-state index in [9.17, 15) is 13.2 Å². The highest BCUT2D eigenvalue weighted by Gasteiger charge is 2.31. The van der Waals surface area contributed by atoms with Crippen LogP contribution in [0.4, 0.5) is 5.69 Å². The number of amides is 1. The first kappa shape index (κ1) is 19.0. The smallest absolute Gasteiger partial charge is 0.262 e. The first-order chi connectivity index (χ1) is 13.5. The largest absolute Gasteiger partial charge is 0.496 e. The molecule has 28 heavy (non-hydrogen) atoms. The monoisotopic (exact) mass is 400 g/mol. The van der Waals surface area contributed by atoms with Gasteiger partial charge in [-0.25, -0.2) is 8.42 Å². The number of hydrogen-bond acceptors (Lipinski definition) is 4. The molecule has 1 fully saturated rings. The van der Waals surface area contributed by atoms with Gasteiger partial charge in [-0.3, -0.25) is 4.79 Å². The van der Waals surface area contributed by atoms with Gasteiger partial charge in [-0.1, -0.05) is 24.6 Å². The first-order valence-corrected chi connectivity index (χ1v) is 11.0. The van der Waals surface area contributed by atoms with E-state index in [4.69, 9.17) is 4.74 Å². The topological polar surface area (TPSA) is 66.9 Å². The normalized spacial score (nSPS) is 17.4. The maximum atomic E-state index is 13.3. The SMILES string of the molecule is COc1ccc(S(=O)(=O)N2CCCCC2)cc1C(=O)N1CCc2ccccc21. The molecule has 2 aromatic rings. The van der Waals surface area contributed by atoms with E-state index in [1.807, 2.05) is 24.3 Å². The van der Waals surface area contributed by atoms with Crippen LogP contribution in [0.2, 0.25) is 0 Å². The zero-order valence-electron chi connectivity index (χ0n) is 15.9. The quantitative estimate of drug-likeness (QED) is 0.791. The number of carbonyl (C=O) groups excluding carboxylic acids is 1. The Morgan fingerprint density at radius 1 is 1.00 bits per heavy atom. The van der Waals surface area contributed by atoms with Gasteiger partial charge in [0.1, 0.15) is 5.75 Å². The fourth-order valence-corrected chi connectivity index (χ4v) is 5.51. The Kier molecular flexibility index (Phi) is 5.12. The predicted molar refractivity (Wildman–Crippen MR) is 107 cm³/mol. The van der Waals surface area contributed by atoms with E-state index in [1.165, 1.54) is 23.5 Å². The van der Waals surface area contributed by atoms with Gasteiger partial charge in [0.05, 0.1) is 17.6 Å². The third-order valence-corrected chi connectivity index (χ3v) is 7.38. The number of methoxy groups -OCH3 is 1. The maximum Gasteiger partial charge on any atom is 0.262 e. The van der Waals surface area contributed by atoms with Gasteiger partial charge in [-0.2, -0.15) is 4.31 Å². The lowest BCUT2D eigenvalue weighted by Crippen LogP contribution is -2.36. The molecule has 6 nitrogen and oxygen atoms in total. The molecule has 1 saturated heterocycles. The Balaban J connectivity index is 1.71. The van der Waals surface area contributed by atoms with Crippen LogP contribution in [0.5, 0.6) is 5.75 Å². The number of piperidine rings is 1. The van der Waals surface area contributed by atoms with Crippen molar-refractivity contribution in [1.82, 2.24) is 4.31 Å². The molecule has 148 valence electrons. The number of carbonyl (C=O) groups is 1. The van der Waals surface area contributed by atoms with E-state index < -0.39 is 10.0 Å². The van der Waals surface area contributed by atoms with Gasteiger partial charge < -0.3 is 9.64 Å². The summed E-state index contributed by atoms with van der Waals surface area (Å²) in [5, 5.41) is 0. The number of benzene rings is 2. The molecule has 0 N–H and O–H groups in total. The van der Waals surface area contributed by atoms with E-state index in [0.717, 1.165) is 36.9 Å². The summed E-state index contributed by atoms with van der Waals surface area (Å²) in [6.07, 6.45) is 3.57. The van der Waals surface area contributed by atoms with Crippen molar-refractivity contribution in [2.24, 2.45) is 0 Å². The molecule has 2 aliphatic heterocycles. The predicted octanol–water partition coefficient (Wildman–Crippen LogP) is 3.07. The summed E-state index contributed by atoms with van der Waals surface area (Å²) in [6, 6.07) is 12.4. The van der Waals surface area contributed by atoms with Gasteiger partial charge in [0.25, 0.3) is 5.91 Å². The van der Waals surface area contributed by atoms with Crippen molar-refractivity contribution in [2.75, 3.05) is 31.6 Å². The van der Waals surface area contributed by atoms with Crippen LogP contribution in [-0.4, -0.2) is 45.4 Å². The van der Waals surface area contributed by atoms with E-state index in [2.05, 4.69) is 0 Å². The molecule has 0 bridgehead atoms. The number of sulfonamides is 1. The fraction of sp³-hybridized carbons (Fsp3) is 0.381.